The number of aliphatic hydroxyl groups excluding tert-OH is 1. The van der Waals surface area contributed by atoms with E-state index in [0.29, 0.717) is 17.7 Å². The molecule has 2 heterocycles. The lowest BCUT2D eigenvalue weighted by molar-refractivity contribution is 0.0600. The van der Waals surface area contributed by atoms with Crippen LogP contribution in [-0.2, 0) is 11.3 Å². The molecule has 3 rings (SSSR count). The third-order valence-corrected chi connectivity index (χ3v) is 5.64. The molecule has 0 fully saturated rings. The highest BCUT2D eigenvalue weighted by Gasteiger charge is 2.14. The van der Waals surface area contributed by atoms with E-state index < -0.39 is 12.1 Å². The minimum Gasteiger partial charge on any atom is -0.465 e. The first-order valence-electron chi connectivity index (χ1n) is 7.84. The van der Waals surface area contributed by atoms with Gasteiger partial charge in [0.05, 0.1) is 19.2 Å². The minimum absolute atomic E-state index is 0.227. The highest BCUT2D eigenvalue weighted by atomic mass is 32.1. The summed E-state index contributed by atoms with van der Waals surface area (Å²) in [6.07, 6.45) is -0.637. The van der Waals surface area contributed by atoms with Gasteiger partial charge in [-0.1, -0.05) is 0 Å². The van der Waals surface area contributed by atoms with Gasteiger partial charge in [-0.2, -0.15) is 11.3 Å². The zero-order valence-electron chi connectivity index (χ0n) is 14.0. The molecule has 3 aromatic rings. The lowest BCUT2D eigenvalue weighted by atomic mass is 10.1. The average molecular weight is 387 g/mol. The first kappa shape index (κ1) is 18.3. The number of benzene rings is 1. The van der Waals surface area contributed by atoms with E-state index in [0.717, 1.165) is 15.3 Å². The molecule has 0 saturated carbocycles. The Morgan fingerprint density at radius 2 is 1.85 bits per heavy atom. The number of ether oxygens (including phenoxy) is 1. The number of aliphatic hydroxyl groups is 1. The van der Waals surface area contributed by atoms with Gasteiger partial charge in [0.25, 0.3) is 5.91 Å². The highest BCUT2D eigenvalue weighted by molar-refractivity contribution is 7.12. The van der Waals surface area contributed by atoms with E-state index in [4.69, 9.17) is 0 Å². The van der Waals surface area contributed by atoms with Crippen LogP contribution in [-0.4, -0.2) is 24.1 Å². The van der Waals surface area contributed by atoms with E-state index in [9.17, 15) is 14.7 Å². The standard InChI is InChI=1S/C19H17NO4S2/c1-24-19(23)13-4-2-12(3-5-13)18(22)20-10-15-6-7-16(26-15)17(21)14-8-9-25-11-14/h2-9,11,17,21H,10H2,1H3,(H,20,22). The van der Waals surface area contributed by atoms with Gasteiger partial charge in [-0.15, -0.1) is 11.3 Å². The number of carbonyl (C=O) groups excluding carboxylic acids is 2. The summed E-state index contributed by atoms with van der Waals surface area (Å²) in [5.41, 5.74) is 1.74. The second-order valence-corrected chi connectivity index (χ2v) is 7.49. The molecule has 1 aromatic carbocycles. The topological polar surface area (TPSA) is 75.6 Å². The van der Waals surface area contributed by atoms with Crippen molar-refractivity contribution in [2.24, 2.45) is 0 Å². The Labute approximate surface area is 158 Å². The molecule has 2 aromatic heterocycles. The fourth-order valence-electron chi connectivity index (χ4n) is 2.38. The number of carbonyl (C=O) groups is 2. The number of methoxy groups -OCH3 is 1. The summed E-state index contributed by atoms with van der Waals surface area (Å²) in [7, 11) is 1.31. The molecular formula is C19H17NO4S2. The van der Waals surface area contributed by atoms with Crippen LogP contribution in [0.4, 0.5) is 0 Å². The first-order valence-corrected chi connectivity index (χ1v) is 9.59. The largest absolute Gasteiger partial charge is 0.465 e. The van der Waals surface area contributed by atoms with Crippen LogP contribution >= 0.6 is 22.7 Å². The van der Waals surface area contributed by atoms with Crippen LogP contribution in [0.5, 0.6) is 0 Å². The van der Waals surface area contributed by atoms with Crippen molar-refractivity contribution >= 4 is 34.6 Å². The Morgan fingerprint density at radius 1 is 1.12 bits per heavy atom. The van der Waals surface area contributed by atoms with Crippen molar-refractivity contribution in [3.05, 3.63) is 79.7 Å². The van der Waals surface area contributed by atoms with Crippen molar-refractivity contribution in [2.75, 3.05) is 7.11 Å². The zero-order valence-corrected chi connectivity index (χ0v) is 15.6. The fraction of sp³-hybridized carbons (Fsp3) is 0.158. The van der Waals surface area contributed by atoms with Crippen molar-refractivity contribution in [3.8, 4) is 0 Å². The number of rotatable bonds is 6. The van der Waals surface area contributed by atoms with Gasteiger partial charge in [0.2, 0.25) is 0 Å². The summed E-state index contributed by atoms with van der Waals surface area (Å²) in [6, 6.07) is 12.0. The van der Waals surface area contributed by atoms with Crippen LogP contribution in [0, 0.1) is 0 Å². The second kappa shape index (κ2) is 8.27. The lowest BCUT2D eigenvalue weighted by Crippen LogP contribution is -2.22. The molecule has 1 amide bonds. The zero-order chi connectivity index (χ0) is 18.5. The molecular weight excluding hydrogens is 370 g/mol. The molecule has 0 aliphatic heterocycles. The highest BCUT2D eigenvalue weighted by Crippen LogP contribution is 2.29. The molecule has 0 aliphatic carbocycles. The van der Waals surface area contributed by atoms with Crippen LogP contribution in [0.3, 0.4) is 0 Å². The van der Waals surface area contributed by atoms with Crippen molar-refractivity contribution < 1.29 is 19.4 Å². The molecule has 26 heavy (non-hydrogen) atoms. The molecule has 0 spiro atoms. The molecule has 5 nitrogen and oxygen atoms in total. The Kier molecular flexibility index (Phi) is 5.82. The lowest BCUT2D eigenvalue weighted by Gasteiger charge is -2.06. The Balaban J connectivity index is 1.59. The second-order valence-electron chi connectivity index (χ2n) is 5.51. The van der Waals surface area contributed by atoms with Gasteiger partial charge in [0.1, 0.15) is 6.10 Å². The van der Waals surface area contributed by atoms with Gasteiger partial charge < -0.3 is 15.2 Å². The quantitative estimate of drug-likeness (QED) is 0.634. The number of thiophene rings is 2. The van der Waals surface area contributed by atoms with Crippen LogP contribution in [0.2, 0.25) is 0 Å². The third-order valence-electron chi connectivity index (χ3n) is 3.80. The third kappa shape index (κ3) is 4.19. The van der Waals surface area contributed by atoms with Crippen molar-refractivity contribution in [2.45, 2.75) is 12.6 Å². The Morgan fingerprint density at radius 3 is 2.50 bits per heavy atom. The van der Waals surface area contributed by atoms with E-state index in [2.05, 4.69) is 10.1 Å². The maximum atomic E-state index is 12.2. The van der Waals surface area contributed by atoms with Crippen molar-refractivity contribution in [1.29, 1.82) is 0 Å². The predicted molar refractivity (Wildman–Crippen MR) is 102 cm³/mol. The minimum atomic E-state index is -0.637. The number of nitrogens with one attached hydrogen (secondary N) is 1. The van der Waals surface area contributed by atoms with E-state index >= 15 is 0 Å². The van der Waals surface area contributed by atoms with Gasteiger partial charge in [-0.25, -0.2) is 4.79 Å². The normalized spacial score (nSPS) is 11.8. The summed E-state index contributed by atoms with van der Waals surface area (Å²) in [5, 5.41) is 17.0. The first-order chi connectivity index (χ1) is 12.6. The molecule has 0 saturated heterocycles. The maximum Gasteiger partial charge on any atom is 0.337 e. The van der Waals surface area contributed by atoms with Gasteiger partial charge in [-0.05, 0) is 58.8 Å². The summed E-state index contributed by atoms with van der Waals surface area (Å²) in [4.78, 5) is 25.4. The summed E-state index contributed by atoms with van der Waals surface area (Å²) >= 11 is 3.01. The van der Waals surface area contributed by atoms with E-state index in [1.807, 2.05) is 29.0 Å². The van der Waals surface area contributed by atoms with E-state index in [1.54, 1.807) is 35.6 Å². The smallest absolute Gasteiger partial charge is 0.337 e. The molecule has 0 bridgehead atoms. The Bertz CT molecular complexity index is 885. The number of hydrogen-bond acceptors (Lipinski definition) is 6. The molecule has 1 atom stereocenters. The maximum absolute atomic E-state index is 12.2. The van der Waals surface area contributed by atoms with Gasteiger partial charge in [0.15, 0.2) is 0 Å². The van der Waals surface area contributed by atoms with Crippen LogP contribution in [0.25, 0.3) is 0 Å². The van der Waals surface area contributed by atoms with Gasteiger partial charge in [0, 0.05) is 15.3 Å². The SMILES string of the molecule is COC(=O)c1ccc(C(=O)NCc2ccc(C(O)c3ccsc3)s2)cc1. The van der Waals surface area contributed by atoms with Crippen LogP contribution in [0.1, 0.15) is 42.1 Å². The van der Waals surface area contributed by atoms with E-state index in [-0.39, 0.29) is 5.91 Å². The molecule has 134 valence electrons. The van der Waals surface area contributed by atoms with Crippen molar-refractivity contribution in [3.63, 3.8) is 0 Å². The molecule has 2 N–H and O–H groups in total. The summed E-state index contributed by atoms with van der Waals surface area (Å²) in [6.45, 7) is 0.374. The average Bonchev–Trinajstić information content (AvgIpc) is 3.37. The van der Waals surface area contributed by atoms with Crippen LogP contribution < -0.4 is 5.32 Å². The van der Waals surface area contributed by atoms with Gasteiger partial charge in [-0.3, -0.25) is 4.79 Å². The van der Waals surface area contributed by atoms with Crippen molar-refractivity contribution in [1.82, 2.24) is 5.32 Å². The molecule has 0 aliphatic rings. The molecule has 7 heteroatoms. The predicted octanol–water partition coefficient (Wildman–Crippen LogP) is 3.61. The summed E-state index contributed by atoms with van der Waals surface area (Å²) < 4.78 is 4.63. The fourth-order valence-corrected chi connectivity index (χ4v) is 4.02. The van der Waals surface area contributed by atoms with Crippen LogP contribution in [0.15, 0.2) is 53.2 Å². The Hall–Kier alpha value is -2.48. The molecule has 0 radical (unpaired) electrons. The van der Waals surface area contributed by atoms with Gasteiger partial charge >= 0.3 is 5.97 Å². The number of hydrogen-bond donors (Lipinski definition) is 2. The number of amides is 1. The monoisotopic (exact) mass is 387 g/mol. The number of esters is 1. The summed E-state index contributed by atoms with van der Waals surface area (Å²) in [5.74, 6) is -0.665. The van der Waals surface area contributed by atoms with E-state index in [1.165, 1.54) is 18.4 Å². The molecule has 1 unspecified atom stereocenters.